The number of halogens is 1. The van der Waals surface area contributed by atoms with Gasteiger partial charge in [-0.15, -0.1) is 0 Å². The van der Waals surface area contributed by atoms with Crippen LogP contribution in [-0.4, -0.2) is 51.6 Å². The second-order valence-electron chi connectivity index (χ2n) is 10.1. The van der Waals surface area contributed by atoms with Gasteiger partial charge in [0.15, 0.2) is 0 Å². The summed E-state index contributed by atoms with van der Waals surface area (Å²) in [6, 6.07) is 13.2. The summed E-state index contributed by atoms with van der Waals surface area (Å²) in [5.74, 6) is -0.375. The SMILES string of the molecule is CC(C)NC(=O)CC(c1ccc(F)cc1)N1C[C@H](C)N(c2cc(=O)n(C)c3ccc(C#N)nc23)C[C@H]1C. The summed E-state index contributed by atoms with van der Waals surface area (Å²) < 4.78 is 15.2. The monoisotopic (exact) mass is 504 g/mol. The van der Waals surface area contributed by atoms with Crippen LogP contribution in [0.15, 0.2) is 47.3 Å². The summed E-state index contributed by atoms with van der Waals surface area (Å²) in [4.78, 5) is 34.6. The smallest absolute Gasteiger partial charge is 0.252 e. The van der Waals surface area contributed by atoms with E-state index in [1.54, 1.807) is 37.4 Å². The Labute approximate surface area is 216 Å². The minimum atomic E-state index is -0.317. The van der Waals surface area contributed by atoms with Crippen LogP contribution >= 0.6 is 0 Å². The summed E-state index contributed by atoms with van der Waals surface area (Å²) in [6.07, 6.45) is 0.253. The number of rotatable bonds is 6. The van der Waals surface area contributed by atoms with E-state index in [-0.39, 0.29) is 47.9 Å². The molecule has 1 aliphatic heterocycles. The van der Waals surface area contributed by atoms with E-state index in [4.69, 9.17) is 0 Å². The fourth-order valence-electron chi connectivity index (χ4n) is 5.18. The third kappa shape index (κ3) is 5.49. The van der Waals surface area contributed by atoms with Crippen molar-refractivity contribution in [2.24, 2.45) is 7.05 Å². The van der Waals surface area contributed by atoms with Gasteiger partial charge < -0.3 is 14.8 Å². The number of nitrogens with zero attached hydrogens (tertiary/aromatic N) is 5. The van der Waals surface area contributed by atoms with E-state index < -0.39 is 0 Å². The summed E-state index contributed by atoms with van der Waals surface area (Å²) in [6.45, 7) is 9.22. The molecule has 8 nitrogen and oxygen atoms in total. The Kier molecular flexibility index (Phi) is 7.60. The number of nitriles is 1. The van der Waals surface area contributed by atoms with E-state index in [2.05, 4.69) is 40.0 Å². The van der Waals surface area contributed by atoms with Crippen LogP contribution in [0.4, 0.5) is 10.1 Å². The molecule has 1 amide bonds. The maximum Gasteiger partial charge on any atom is 0.252 e. The molecule has 9 heteroatoms. The van der Waals surface area contributed by atoms with Gasteiger partial charge in [0.2, 0.25) is 5.91 Å². The molecule has 1 saturated heterocycles. The number of pyridine rings is 2. The first kappa shape index (κ1) is 26.3. The van der Waals surface area contributed by atoms with E-state index in [0.717, 1.165) is 5.56 Å². The zero-order valence-electron chi connectivity index (χ0n) is 21.9. The van der Waals surface area contributed by atoms with Gasteiger partial charge in [0, 0.05) is 56.8 Å². The minimum absolute atomic E-state index is 0.0105. The van der Waals surface area contributed by atoms with Gasteiger partial charge in [-0.3, -0.25) is 14.5 Å². The molecular weight excluding hydrogens is 471 g/mol. The highest BCUT2D eigenvalue weighted by Gasteiger charge is 2.36. The lowest BCUT2D eigenvalue weighted by molar-refractivity contribution is -0.123. The number of benzene rings is 1. The molecule has 3 aromatic rings. The molecule has 194 valence electrons. The predicted molar refractivity (Wildman–Crippen MR) is 142 cm³/mol. The fraction of sp³-hybridized carbons (Fsp3) is 0.429. The van der Waals surface area contributed by atoms with Crippen molar-refractivity contribution in [3.8, 4) is 6.07 Å². The number of amides is 1. The number of nitrogens with one attached hydrogen (secondary N) is 1. The van der Waals surface area contributed by atoms with E-state index in [9.17, 15) is 19.2 Å². The number of fused-ring (bicyclic) bond motifs is 1. The average molecular weight is 505 g/mol. The van der Waals surface area contributed by atoms with Gasteiger partial charge in [0.05, 0.1) is 11.2 Å². The van der Waals surface area contributed by atoms with Gasteiger partial charge in [-0.1, -0.05) is 12.1 Å². The first-order valence-electron chi connectivity index (χ1n) is 12.6. The van der Waals surface area contributed by atoms with Crippen molar-refractivity contribution in [3.05, 3.63) is 69.9 Å². The van der Waals surface area contributed by atoms with Crippen molar-refractivity contribution >= 4 is 22.6 Å². The first-order valence-corrected chi connectivity index (χ1v) is 12.6. The van der Waals surface area contributed by atoms with Gasteiger partial charge in [-0.2, -0.15) is 5.26 Å². The van der Waals surface area contributed by atoms with Gasteiger partial charge in [0.1, 0.15) is 23.1 Å². The molecule has 1 aliphatic rings. The molecule has 1 N–H and O–H groups in total. The summed E-state index contributed by atoms with van der Waals surface area (Å²) in [7, 11) is 1.70. The number of carbonyl (C=O) groups is 1. The lowest BCUT2D eigenvalue weighted by Gasteiger charge is -2.48. The highest BCUT2D eigenvalue weighted by Crippen LogP contribution is 2.34. The number of piperazine rings is 1. The number of hydrogen-bond acceptors (Lipinski definition) is 6. The van der Waals surface area contributed by atoms with Gasteiger partial charge in [0.25, 0.3) is 5.56 Å². The van der Waals surface area contributed by atoms with Crippen LogP contribution in [0, 0.1) is 17.1 Å². The van der Waals surface area contributed by atoms with Crippen LogP contribution in [0.3, 0.4) is 0 Å². The van der Waals surface area contributed by atoms with E-state index in [1.807, 2.05) is 13.8 Å². The standard InChI is InChI=1S/C28H33FN6O2/c1-17(2)31-26(36)12-24(20-6-8-21(29)9-7-20)34-15-19(4)35(16-18(34)3)25-13-27(37)33(5)23-11-10-22(14-30)32-28(23)25/h6-11,13,17-19,24H,12,15-16H2,1-5H3,(H,31,36)/t18-,19+,24?/m1/s1. The fourth-order valence-corrected chi connectivity index (χ4v) is 5.18. The van der Waals surface area contributed by atoms with E-state index >= 15 is 0 Å². The Bertz CT molecular complexity index is 1390. The van der Waals surface area contributed by atoms with Crippen molar-refractivity contribution in [2.45, 2.75) is 58.3 Å². The second-order valence-corrected chi connectivity index (χ2v) is 10.1. The lowest BCUT2D eigenvalue weighted by Crippen LogP contribution is -2.58. The molecular formula is C28H33FN6O2. The third-order valence-corrected chi connectivity index (χ3v) is 7.01. The first-order chi connectivity index (χ1) is 17.6. The molecule has 3 atom stereocenters. The highest BCUT2D eigenvalue weighted by atomic mass is 19.1. The highest BCUT2D eigenvalue weighted by molar-refractivity contribution is 5.89. The van der Waals surface area contributed by atoms with Crippen molar-refractivity contribution < 1.29 is 9.18 Å². The van der Waals surface area contributed by atoms with Gasteiger partial charge in [-0.05, 0) is 57.5 Å². The summed E-state index contributed by atoms with van der Waals surface area (Å²) in [5, 5.41) is 12.4. The molecule has 4 rings (SSSR count). The molecule has 1 aromatic carbocycles. The minimum Gasteiger partial charge on any atom is -0.364 e. The molecule has 2 aromatic heterocycles. The number of aryl methyl sites for hydroxylation is 1. The number of hydrogen-bond donors (Lipinski definition) is 1. The van der Waals surface area contributed by atoms with Crippen LogP contribution < -0.4 is 15.8 Å². The maximum absolute atomic E-state index is 13.7. The Morgan fingerprint density at radius 2 is 1.86 bits per heavy atom. The zero-order chi connectivity index (χ0) is 26.9. The summed E-state index contributed by atoms with van der Waals surface area (Å²) in [5.41, 5.74) is 3.00. The van der Waals surface area contributed by atoms with Crippen LogP contribution in [0.1, 0.15) is 51.4 Å². The molecule has 0 bridgehead atoms. The molecule has 0 spiro atoms. The van der Waals surface area contributed by atoms with Crippen molar-refractivity contribution in [1.29, 1.82) is 5.26 Å². The molecule has 0 radical (unpaired) electrons. The molecule has 0 aliphatic carbocycles. The van der Waals surface area contributed by atoms with Crippen LogP contribution in [0.2, 0.25) is 0 Å². The predicted octanol–water partition coefficient (Wildman–Crippen LogP) is 3.50. The van der Waals surface area contributed by atoms with Crippen molar-refractivity contribution in [1.82, 2.24) is 19.8 Å². The number of aromatic nitrogens is 2. The van der Waals surface area contributed by atoms with Gasteiger partial charge >= 0.3 is 0 Å². The van der Waals surface area contributed by atoms with Gasteiger partial charge in [-0.25, -0.2) is 9.37 Å². The molecule has 1 unspecified atom stereocenters. The van der Waals surface area contributed by atoms with Crippen LogP contribution in [0.5, 0.6) is 0 Å². The maximum atomic E-state index is 13.7. The molecule has 3 heterocycles. The van der Waals surface area contributed by atoms with E-state index in [0.29, 0.717) is 35.5 Å². The molecule has 1 fully saturated rings. The quantitative estimate of drug-likeness (QED) is 0.552. The Morgan fingerprint density at radius 1 is 1.16 bits per heavy atom. The summed E-state index contributed by atoms with van der Waals surface area (Å²) >= 11 is 0. The van der Waals surface area contributed by atoms with Crippen molar-refractivity contribution in [2.75, 3.05) is 18.0 Å². The van der Waals surface area contributed by atoms with Crippen LogP contribution in [0.25, 0.3) is 11.0 Å². The average Bonchev–Trinajstić information content (AvgIpc) is 2.86. The Balaban J connectivity index is 1.69. The largest absolute Gasteiger partial charge is 0.364 e. The van der Waals surface area contributed by atoms with E-state index in [1.165, 1.54) is 16.7 Å². The zero-order valence-corrected chi connectivity index (χ0v) is 21.9. The molecule has 0 saturated carbocycles. The molecule has 37 heavy (non-hydrogen) atoms. The second kappa shape index (κ2) is 10.7. The Morgan fingerprint density at radius 3 is 2.51 bits per heavy atom. The van der Waals surface area contributed by atoms with Crippen molar-refractivity contribution in [3.63, 3.8) is 0 Å². The topological polar surface area (TPSA) is 94.3 Å². The normalized spacial score (nSPS) is 19.1. The number of anilines is 1. The number of carbonyl (C=O) groups excluding carboxylic acids is 1. The third-order valence-electron chi connectivity index (χ3n) is 7.01. The Hall–Kier alpha value is -3.77. The van der Waals surface area contributed by atoms with Crippen LogP contribution in [-0.2, 0) is 11.8 Å². The lowest BCUT2D eigenvalue weighted by atomic mass is 9.96.